The minimum Gasteiger partial charge on any atom is -0.383 e. The Morgan fingerprint density at radius 1 is 1.64 bits per heavy atom. The van der Waals surface area contributed by atoms with Crippen molar-refractivity contribution in [3.8, 4) is 0 Å². The summed E-state index contributed by atoms with van der Waals surface area (Å²) in [6.07, 6.45) is 2.63. The Balaban J connectivity index is 1.64. The zero-order valence-electron chi connectivity index (χ0n) is 12.2. The maximum Gasteiger partial charge on any atom is 0.272 e. The van der Waals surface area contributed by atoms with Crippen LogP contribution >= 0.6 is 11.5 Å². The number of ether oxygens (including phenoxy) is 2. The van der Waals surface area contributed by atoms with E-state index < -0.39 is 0 Å². The summed E-state index contributed by atoms with van der Waals surface area (Å²) in [6.45, 7) is 2.30. The first-order chi connectivity index (χ1) is 10.8. The van der Waals surface area contributed by atoms with E-state index in [2.05, 4.69) is 20.0 Å². The first-order valence-corrected chi connectivity index (χ1v) is 7.83. The Labute approximate surface area is 131 Å². The Kier molecular flexibility index (Phi) is 4.76. The van der Waals surface area contributed by atoms with Crippen molar-refractivity contribution in [2.45, 2.75) is 19.1 Å². The lowest BCUT2D eigenvalue weighted by atomic mass is 10.1. The number of carbonyl (C=O) groups is 1. The molecule has 8 nitrogen and oxygen atoms in total. The van der Waals surface area contributed by atoms with E-state index in [1.807, 2.05) is 10.9 Å². The van der Waals surface area contributed by atoms with Gasteiger partial charge in [0.15, 0.2) is 5.69 Å². The molecule has 1 N–H and O–H groups in total. The molecule has 2 aromatic heterocycles. The van der Waals surface area contributed by atoms with Gasteiger partial charge in [-0.2, -0.15) is 5.10 Å². The minimum atomic E-state index is -0.247. The lowest BCUT2D eigenvalue weighted by Gasteiger charge is -2.21. The van der Waals surface area contributed by atoms with Gasteiger partial charge in [-0.1, -0.05) is 4.49 Å². The van der Waals surface area contributed by atoms with Crippen LogP contribution in [-0.2, 0) is 22.4 Å². The molecule has 1 unspecified atom stereocenters. The fraction of sp³-hybridized carbons (Fsp3) is 0.538. The molecule has 3 rings (SSSR count). The molecule has 0 aliphatic carbocycles. The van der Waals surface area contributed by atoms with E-state index in [1.165, 1.54) is 0 Å². The van der Waals surface area contributed by atoms with Crippen molar-refractivity contribution in [2.75, 3.05) is 26.9 Å². The van der Waals surface area contributed by atoms with Gasteiger partial charge < -0.3 is 14.8 Å². The Hall–Kier alpha value is -1.84. The summed E-state index contributed by atoms with van der Waals surface area (Å²) in [5, 5.41) is 12.7. The predicted molar refractivity (Wildman–Crippen MR) is 78.7 cm³/mol. The summed E-state index contributed by atoms with van der Waals surface area (Å²) in [5.74, 6) is -0.247. The molecule has 1 amide bonds. The van der Waals surface area contributed by atoms with Gasteiger partial charge in [-0.05, 0) is 23.5 Å². The van der Waals surface area contributed by atoms with Crippen molar-refractivity contribution in [3.05, 3.63) is 28.5 Å². The molecule has 22 heavy (non-hydrogen) atoms. The van der Waals surface area contributed by atoms with Gasteiger partial charge in [-0.3, -0.25) is 9.48 Å². The Morgan fingerprint density at radius 2 is 2.55 bits per heavy atom. The van der Waals surface area contributed by atoms with Gasteiger partial charge in [0, 0.05) is 25.2 Å². The lowest BCUT2D eigenvalue weighted by Crippen LogP contribution is -2.32. The third-order valence-electron chi connectivity index (χ3n) is 3.43. The van der Waals surface area contributed by atoms with Crippen molar-refractivity contribution in [1.29, 1.82) is 0 Å². The first-order valence-electron chi connectivity index (χ1n) is 7.00. The van der Waals surface area contributed by atoms with Crippen LogP contribution in [0, 0.1) is 0 Å². The van der Waals surface area contributed by atoms with Crippen molar-refractivity contribution in [2.24, 2.45) is 0 Å². The molecule has 1 aliphatic rings. The summed E-state index contributed by atoms with van der Waals surface area (Å²) >= 11 is 1.15. The molecule has 0 fully saturated rings. The van der Waals surface area contributed by atoms with E-state index in [0.717, 1.165) is 29.2 Å². The van der Waals surface area contributed by atoms with Crippen LogP contribution in [0.25, 0.3) is 0 Å². The number of hydrogen-bond acceptors (Lipinski definition) is 7. The van der Waals surface area contributed by atoms with Crippen molar-refractivity contribution in [3.63, 3.8) is 0 Å². The molecule has 0 bridgehead atoms. The molecule has 1 atom stereocenters. The molecule has 1 aliphatic heterocycles. The van der Waals surface area contributed by atoms with Crippen LogP contribution in [-0.4, -0.2) is 52.1 Å². The molecule has 0 spiro atoms. The van der Waals surface area contributed by atoms with Crippen molar-refractivity contribution < 1.29 is 14.3 Å². The van der Waals surface area contributed by atoms with E-state index in [0.29, 0.717) is 32.0 Å². The molecular weight excluding hydrogens is 306 g/mol. The summed E-state index contributed by atoms with van der Waals surface area (Å²) < 4.78 is 16.3. The van der Waals surface area contributed by atoms with Gasteiger partial charge in [-0.15, -0.1) is 5.10 Å². The zero-order chi connectivity index (χ0) is 15.4. The monoisotopic (exact) mass is 323 g/mol. The molecule has 0 saturated heterocycles. The quantitative estimate of drug-likeness (QED) is 0.829. The number of carbonyl (C=O) groups excluding carboxylic acids is 1. The van der Waals surface area contributed by atoms with Gasteiger partial charge in [0.2, 0.25) is 0 Å². The summed E-state index contributed by atoms with van der Waals surface area (Å²) in [6, 6.07) is 0. The maximum absolute atomic E-state index is 11.9. The average Bonchev–Trinajstić information content (AvgIpc) is 3.19. The van der Waals surface area contributed by atoms with Crippen LogP contribution < -0.4 is 5.32 Å². The zero-order valence-corrected chi connectivity index (χ0v) is 13.0. The molecule has 0 saturated carbocycles. The highest BCUT2D eigenvalue weighted by Gasteiger charge is 2.25. The largest absolute Gasteiger partial charge is 0.383 e. The number of amides is 1. The van der Waals surface area contributed by atoms with Gasteiger partial charge in [0.1, 0.15) is 6.10 Å². The van der Waals surface area contributed by atoms with Crippen LogP contribution in [0.1, 0.15) is 27.8 Å². The highest BCUT2D eigenvalue weighted by Crippen LogP contribution is 2.25. The minimum absolute atomic E-state index is 0.233. The average molecular weight is 323 g/mol. The van der Waals surface area contributed by atoms with Crippen LogP contribution in [0.4, 0.5) is 0 Å². The molecule has 2 aromatic rings. The second-order valence-electron chi connectivity index (χ2n) is 4.91. The van der Waals surface area contributed by atoms with E-state index >= 15 is 0 Å². The van der Waals surface area contributed by atoms with Gasteiger partial charge in [0.05, 0.1) is 25.5 Å². The second kappa shape index (κ2) is 6.95. The topological polar surface area (TPSA) is 91.2 Å². The smallest absolute Gasteiger partial charge is 0.272 e. The third-order valence-corrected chi connectivity index (χ3v) is 3.94. The van der Waals surface area contributed by atoms with E-state index in [9.17, 15) is 4.79 Å². The second-order valence-corrected chi connectivity index (χ2v) is 5.51. The molecule has 0 aromatic carbocycles. The normalized spacial score (nSPS) is 17.2. The van der Waals surface area contributed by atoms with E-state index in [-0.39, 0.29) is 12.0 Å². The summed E-state index contributed by atoms with van der Waals surface area (Å²) in [5.41, 5.74) is 2.38. The fourth-order valence-corrected chi connectivity index (χ4v) is 2.76. The SMILES string of the molecule is COCCn1cc2c(n1)C(CNC(=O)c1csnn1)OCC2. The number of hydrogen-bond donors (Lipinski definition) is 1. The molecule has 9 heteroatoms. The fourth-order valence-electron chi connectivity index (χ4n) is 2.33. The van der Waals surface area contributed by atoms with Crippen LogP contribution in [0.15, 0.2) is 11.6 Å². The highest BCUT2D eigenvalue weighted by atomic mass is 32.1. The van der Waals surface area contributed by atoms with Crippen molar-refractivity contribution >= 4 is 17.4 Å². The number of aromatic nitrogens is 4. The number of nitrogens with one attached hydrogen (secondary N) is 1. The third kappa shape index (κ3) is 3.32. The van der Waals surface area contributed by atoms with Crippen molar-refractivity contribution in [1.82, 2.24) is 24.7 Å². The Bertz CT molecular complexity index is 628. The lowest BCUT2D eigenvalue weighted by molar-refractivity contribution is 0.0382. The molecular formula is C13H17N5O3S. The number of nitrogens with zero attached hydrogens (tertiary/aromatic N) is 4. The van der Waals surface area contributed by atoms with Gasteiger partial charge in [0.25, 0.3) is 5.91 Å². The highest BCUT2D eigenvalue weighted by molar-refractivity contribution is 7.03. The Morgan fingerprint density at radius 3 is 3.32 bits per heavy atom. The molecule has 3 heterocycles. The van der Waals surface area contributed by atoms with Gasteiger partial charge in [-0.25, -0.2) is 0 Å². The molecule has 118 valence electrons. The molecule has 0 radical (unpaired) electrons. The predicted octanol–water partition coefficient (Wildman–Crippen LogP) is 0.425. The van der Waals surface area contributed by atoms with Gasteiger partial charge >= 0.3 is 0 Å². The van der Waals surface area contributed by atoms with E-state index in [4.69, 9.17) is 9.47 Å². The number of methoxy groups -OCH3 is 1. The summed E-state index contributed by atoms with van der Waals surface area (Å²) in [4.78, 5) is 11.9. The first kappa shape index (κ1) is 15.1. The summed E-state index contributed by atoms with van der Waals surface area (Å²) in [7, 11) is 1.66. The van der Waals surface area contributed by atoms with Crippen LogP contribution in [0.2, 0.25) is 0 Å². The standard InChI is InChI=1S/C13H17N5O3S/c1-20-5-3-18-7-9-2-4-21-11(12(9)16-18)6-14-13(19)10-8-22-17-15-10/h7-8,11H,2-6H2,1H3,(H,14,19). The van der Waals surface area contributed by atoms with E-state index in [1.54, 1.807) is 12.5 Å². The maximum atomic E-state index is 11.9. The number of fused-ring (bicyclic) bond motifs is 1. The number of rotatable bonds is 6. The van der Waals surface area contributed by atoms with Crippen LogP contribution in [0.5, 0.6) is 0 Å². The van der Waals surface area contributed by atoms with Crippen LogP contribution in [0.3, 0.4) is 0 Å².